The lowest BCUT2D eigenvalue weighted by Gasteiger charge is -2.20. The second kappa shape index (κ2) is 4.80. The number of carboxylic acids is 1. The third-order valence-corrected chi connectivity index (χ3v) is 3.54. The van der Waals surface area contributed by atoms with Gasteiger partial charge in [-0.05, 0) is 49.4 Å². The number of nitrogens with zero attached hydrogens (tertiary/aromatic N) is 1. The van der Waals surface area contributed by atoms with Crippen molar-refractivity contribution in [3.05, 3.63) is 29.3 Å². The first kappa shape index (κ1) is 12.6. The number of amides is 1. The van der Waals surface area contributed by atoms with Gasteiger partial charge in [-0.15, -0.1) is 0 Å². The Bertz CT molecular complexity index is 496. The van der Waals surface area contributed by atoms with E-state index in [1.54, 1.807) is 7.05 Å². The van der Waals surface area contributed by atoms with Crippen molar-refractivity contribution in [3.8, 4) is 0 Å². The van der Waals surface area contributed by atoms with Gasteiger partial charge in [-0.2, -0.15) is 0 Å². The molecule has 1 atom stereocenters. The average molecular weight is 247 g/mol. The molecule has 0 aliphatic heterocycles. The van der Waals surface area contributed by atoms with Gasteiger partial charge >= 0.3 is 5.97 Å². The molecule has 1 aromatic carbocycles. The van der Waals surface area contributed by atoms with Crippen molar-refractivity contribution in [1.29, 1.82) is 0 Å². The molecular weight excluding hydrogens is 230 g/mol. The van der Waals surface area contributed by atoms with E-state index in [2.05, 4.69) is 0 Å². The van der Waals surface area contributed by atoms with Crippen molar-refractivity contribution >= 4 is 17.6 Å². The Morgan fingerprint density at radius 2 is 1.94 bits per heavy atom. The topological polar surface area (TPSA) is 57.6 Å². The maximum absolute atomic E-state index is 11.9. The van der Waals surface area contributed by atoms with Gasteiger partial charge in [0, 0.05) is 12.7 Å². The maximum Gasteiger partial charge on any atom is 0.315 e. The van der Waals surface area contributed by atoms with Gasteiger partial charge in [0.05, 0.1) is 0 Å². The monoisotopic (exact) mass is 247 g/mol. The fourth-order valence-corrected chi connectivity index (χ4v) is 2.29. The van der Waals surface area contributed by atoms with Crippen LogP contribution in [0.3, 0.4) is 0 Å². The fourth-order valence-electron chi connectivity index (χ4n) is 2.29. The maximum atomic E-state index is 11.9. The number of benzene rings is 1. The number of hydrogen-bond donors (Lipinski definition) is 1. The van der Waals surface area contributed by atoms with Crippen LogP contribution in [0.15, 0.2) is 18.2 Å². The molecule has 0 radical (unpaired) electrons. The SMILES string of the molecule is CC(C(=O)O)C(=O)N(C)c1ccc2c(c1)CCC2. The molecule has 0 saturated heterocycles. The van der Waals surface area contributed by atoms with E-state index in [-0.39, 0.29) is 5.91 Å². The van der Waals surface area contributed by atoms with Gasteiger partial charge < -0.3 is 10.0 Å². The van der Waals surface area contributed by atoms with Crippen LogP contribution in [0.2, 0.25) is 0 Å². The largest absolute Gasteiger partial charge is 0.481 e. The molecule has 1 N–H and O–H groups in total. The van der Waals surface area contributed by atoms with E-state index in [4.69, 9.17) is 5.11 Å². The molecule has 2 rings (SSSR count). The molecule has 1 aliphatic carbocycles. The van der Waals surface area contributed by atoms with Gasteiger partial charge in [-0.25, -0.2) is 0 Å². The summed E-state index contributed by atoms with van der Waals surface area (Å²) in [6.45, 7) is 1.41. The van der Waals surface area contributed by atoms with Crippen molar-refractivity contribution in [3.63, 3.8) is 0 Å². The van der Waals surface area contributed by atoms with Crippen molar-refractivity contribution in [2.75, 3.05) is 11.9 Å². The van der Waals surface area contributed by atoms with Crippen LogP contribution < -0.4 is 4.90 Å². The van der Waals surface area contributed by atoms with E-state index in [0.717, 1.165) is 24.9 Å². The lowest BCUT2D eigenvalue weighted by Crippen LogP contribution is -2.35. The normalized spacial score (nSPS) is 15.0. The first-order chi connectivity index (χ1) is 8.50. The molecule has 18 heavy (non-hydrogen) atoms. The summed E-state index contributed by atoms with van der Waals surface area (Å²) in [6, 6.07) is 5.91. The van der Waals surface area contributed by atoms with Crippen LogP contribution in [0.5, 0.6) is 0 Å². The minimum atomic E-state index is -1.09. The summed E-state index contributed by atoms with van der Waals surface area (Å²) in [5.74, 6) is -2.49. The summed E-state index contributed by atoms with van der Waals surface area (Å²) in [5, 5.41) is 8.86. The van der Waals surface area contributed by atoms with Crippen molar-refractivity contribution in [2.45, 2.75) is 26.2 Å². The highest BCUT2D eigenvalue weighted by Gasteiger charge is 2.25. The standard InChI is InChI=1S/C14H17NO3/c1-9(14(17)18)13(16)15(2)12-7-6-10-4-3-5-11(10)8-12/h6-9H,3-5H2,1-2H3,(H,17,18). The van der Waals surface area contributed by atoms with E-state index in [1.807, 2.05) is 18.2 Å². The van der Waals surface area contributed by atoms with Gasteiger partial charge in [-0.1, -0.05) is 6.07 Å². The average Bonchev–Trinajstić information content (AvgIpc) is 2.82. The molecule has 0 saturated carbocycles. The molecule has 4 heteroatoms. The molecule has 96 valence electrons. The summed E-state index contributed by atoms with van der Waals surface area (Å²) in [6.07, 6.45) is 3.29. The van der Waals surface area contributed by atoms with Gasteiger partial charge in [0.15, 0.2) is 0 Å². The minimum Gasteiger partial charge on any atom is -0.481 e. The molecule has 4 nitrogen and oxygen atoms in total. The fraction of sp³-hybridized carbons (Fsp3) is 0.429. The molecule has 0 bridgehead atoms. The highest BCUT2D eigenvalue weighted by atomic mass is 16.4. The Morgan fingerprint density at radius 3 is 2.61 bits per heavy atom. The van der Waals surface area contributed by atoms with E-state index < -0.39 is 11.9 Å². The number of anilines is 1. The molecule has 1 amide bonds. The second-order valence-electron chi connectivity index (χ2n) is 4.76. The number of aliphatic carboxylic acids is 1. The van der Waals surface area contributed by atoms with Gasteiger partial charge in [0.1, 0.15) is 5.92 Å². The second-order valence-corrected chi connectivity index (χ2v) is 4.76. The van der Waals surface area contributed by atoms with Crippen molar-refractivity contribution in [2.24, 2.45) is 5.92 Å². The van der Waals surface area contributed by atoms with E-state index in [0.29, 0.717) is 0 Å². The van der Waals surface area contributed by atoms with Crippen LogP contribution in [0.25, 0.3) is 0 Å². The summed E-state index contributed by atoms with van der Waals surface area (Å²) in [4.78, 5) is 24.2. The number of rotatable bonds is 3. The number of carboxylic acid groups (broad SMARTS) is 1. The highest BCUT2D eigenvalue weighted by Crippen LogP contribution is 2.26. The predicted octanol–water partition coefficient (Wildman–Crippen LogP) is 1.86. The van der Waals surface area contributed by atoms with E-state index in [9.17, 15) is 9.59 Å². The number of carbonyl (C=O) groups is 2. The van der Waals surface area contributed by atoms with Crippen molar-refractivity contribution in [1.82, 2.24) is 0 Å². The van der Waals surface area contributed by atoms with E-state index in [1.165, 1.54) is 23.0 Å². The smallest absolute Gasteiger partial charge is 0.315 e. The third-order valence-electron chi connectivity index (χ3n) is 3.54. The number of carbonyl (C=O) groups excluding carboxylic acids is 1. The van der Waals surface area contributed by atoms with Crippen LogP contribution >= 0.6 is 0 Å². The number of aryl methyl sites for hydroxylation is 2. The van der Waals surface area contributed by atoms with Gasteiger partial charge in [0.2, 0.25) is 5.91 Å². The summed E-state index contributed by atoms with van der Waals surface area (Å²) in [5.41, 5.74) is 3.38. The Labute approximate surface area is 106 Å². The van der Waals surface area contributed by atoms with Gasteiger partial charge in [0.25, 0.3) is 0 Å². The van der Waals surface area contributed by atoms with E-state index >= 15 is 0 Å². The molecule has 0 heterocycles. The Morgan fingerprint density at radius 1 is 1.28 bits per heavy atom. The van der Waals surface area contributed by atoms with Crippen LogP contribution in [0.4, 0.5) is 5.69 Å². The van der Waals surface area contributed by atoms with Crippen LogP contribution in [-0.2, 0) is 22.4 Å². The van der Waals surface area contributed by atoms with Crippen LogP contribution in [0.1, 0.15) is 24.5 Å². The molecule has 1 unspecified atom stereocenters. The molecular formula is C14H17NO3. The molecule has 0 aromatic heterocycles. The lowest BCUT2D eigenvalue weighted by atomic mass is 10.1. The molecule has 1 aromatic rings. The minimum absolute atomic E-state index is 0.388. The Kier molecular flexibility index (Phi) is 3.36. The zero-order valence-electron chi connectivity index (χ0n) is 10.6. The van der Waals surface area contributed by atoms with Crippen LogP contribution in [-0.4, -0.2) is 24.0 Å². The summed E-state index contributed by atoms with van der Waals surface area (Å²) < 4.78 is 0. The zero-order valence-corrected chi connectivity index (χ0v) is 10.6. The number of fused-ring (bicyclic) bond motifs is 1. The molecule has 0 spiro atoms. The Balaban J connectivity index is 2.21. The summed E-state index contributed by atoms with van der Waals surface area (Å²) in [7, 11) is 1.62. The van der Waals surface area contributed by atoms with Crippen molar-refractivity contribution < 1.29 is 14.7 Å². The lowest BCUT2D eigenvalue weighted by molar-refractivity contribution is -0.145. The first-order valence-corrected chi connectivity index (χ1v) is 6.13. The quantitative estimate of drug-likeness (QED) is 0.829. The highest BCUT2D eigenvalue weighted by molar-refractivity contribution is 6.05. The Hall–Kier alpha value is -1.84. The predicted molar refractivity (Wildman–Crippen MR) is 68.7 cm³/mol. The first-order valence-electron chi connectivity index (χ1n) is 6.13. The number of hydrogen-bond acceptors (Lipinski definition) is 2. The van der Waals surface area contributed by atoms with Crippen LogP contribution in [0, 0.1) is 5.92 Å². The third kappa shape index (κ3) is 2.23. The molecule has 1 aliphatic rings. The zero-order chi connectivity index (χ0) is 13.3. The molecule has 0 fully saturated rings. The van der Waals surface area contributed by atoms with Gasteiger partial charge in [-0.3, -0.25) is 9.59 Å². The summed E-state index contributed by atoms with van der Waals surface area (Å²) >= 11 is 0.